The van der Waals surface area contributed by atoms with Crippen LogP contribution in [0.3, 0.4) is 0 Å². The lowest BCUT2D eigenvalue weighted by molar-refractivity contribution is -0.396. The fourth-order valence-corrected chi connectivity index (χ4v) is 4.06. The Morgan fingerprint density at radius 1 is 1.55 bits per heavy atom. The molecular formula is C11H21BrN5O4P. The molecule has 2 N–H and O–H groups in total. The summed E-state index contributed by atoms with van der Waals surface area (Å²) in [6.07, 6.45) is 1.54. The van der Waals surface area contributed by atoms with E-state index in [1.54, 1.807) is 6.92 Å². The van der Waals surface area contributed by atoms with E-state index in [0.29, 0.717) is 24.1 Å². The van der Waals surface area contributed by atoms with E-state index in [1.165, 1.54) is 17.8 Å². The number of alkyl halides is 1. The predicted molar refractivity (Wildman–Crippen MR) is 87.1 cm³/mol. The van der Waals surface area contributed by atoms with Crippen LogP contribution in [0.5, 0.6) is 0 Å². The third-order valence-electron chi connectivity index (χ3n) is 2.87. The second-order valence-corrected chi connectivity index (χ2v) is 7.34. The Labute approximate surface area is 137 Å². The predicted octanol–water partition coefficient (Wildman–Crippen LogP) is 2.50. The lowest BCUT2D eigenvalue weighted by Gasteiger charge is -2.23. The highest BCUT2D eigenvalue weighted by Gasteiger charge is 2.29. The minimum atomic E-state index is -3.25. The second-order valence-electron chi connectivity index (χ2n) is 4.60. The summed E-state index contributed by atoms with van der Waals surface area (Å²) in [6.45, 7) is 4.63. The number of hydrogen-bond donors (Lipinski definition) is 2. The monoisotopic (exact) mass is 397 g/mol. The fourth-order valence-electron chi connectivity index (χ4n) is 1.82. The van der Waals surface area contributed by atoms with Gasteiger partial charge in [-0.15, -0.1) is 0 Å². The van der Waals surface area contributed by atoms with Crippen LogP contribution in [-0.4, -0.2) is 32.9 Å². The molecule has 0 saturated carbocycles. The largest absolute Gasteiger partial charge is 0.434 e. The number of nitrogens with zero attached hydrogens (tertiary/aromatic N) is 3. The molecule has 126 valence electrons. The number of halogens is 1. The smallest absolute Gasteiger partial charge is 0.390 e. The molecule has 0 aliphatic rings. The normalized spacial score (nSPS) is 15.5. The number of nitro groups is 1. The molecule has 1 aromatic rings. The van der Waals surface area contributed by atoms with E-state index < -0.39 is 18.7 Å². The standard InChI is InChI=1S/C11H21BrN5O4P/c1-4-6-14-22(20,15-7-5-12)21-9(2)10-8-13-11(16(10)3)17(18)19/h8-9H,4-7H2,1-3H3,(H2,14,15,20). The molecule has 0 spiro atoms. The maximum absolute atomic E-state index is 12.7. The topological polar surface area (TPSA) is 111 Å². The van der Waals surface area contributed by atoms with E-state index in [0.717, 1.165) is 6.42 Å². The average Bonchev–Trinajstić information content (AvgIpc) is 2.85. The molecule has 9 nitrogen and oxygen atoms in total. The lowest BCUT2D eigenvalue weighted by Crippen LogP contribution is -2.27. The Balaban J connectivity index is 2.88. The Morgan fingerprint density at radius 3 is 2.68 bits per heavy atom. The van der Waals surface area contributed by atoms with E-state index in [2.05, 4.69) is 31.1 Å². The number of hydrogen-bond acceptors (Lipinski definition) is 5. The van der Waals surface area contributed by atoms with E-state index >= 15 is 0 Å². The van der Waals surface area contributed by atoms with Gasteiger partial charge in [0, 0.05) is 18.4 Å². The van der Waals surface area contributed by atoms with Gasteiger partial charge in [-0.05, 0) is 18.3 Å². The van der Waals surface area contributed by atoms with E-state index in [-0.39, 0.29) is 5.95 Å². The fraction of sp³-hybridized carbons (Fsp3) is 0.727. The Kier molecular flexibility index (Phi) is 7.64. The first-order valence-electron chi connectivity index (χ1n) is 6.85. The minimum absolute atomic E-state index is 0.282. The summed E-state index contributed by atoms with van der Waals surface area (Å²) >= 11 is 3.26. The van der Waals surface area contributed by atoms with Gasteiger partial charge in [0.15, 0.2) is 0 Å². The van der Waals surface area contributed by atoms with Crippen LogP contribution in [-0.2, 0) is 16.1 Å². The lowest BCUT2D eigenvalue weighted by atomic mass is 10.3. The van der Waals surface area contributed by atoms with Crippen LogP contribution in [0.25, 0.3) is 0 Å². The number of nitrogens with one attached hydrogen (secondary N) is 2. The summed E-state index contributed by atoms with van der Waals surface area (Å²) in [7, 11) is -1.72. The maximum atomic E-state index is 12.7. The summed E-state index contributed by atoms with van der Waals surface area (Å²) in [6, 6.07) is 0. The molecule has 0 radical (unpaired) electrons. The van der Waals surface area contributed by atoms with Crippen LogP contribution in [0, 0.1) is 10.1 Å². The molecule has 22 heavy (non-hydrogen) atoms. The van der Waals surface area contributed by atoms with Crippen LogP contribution >= 0.6 is 23.6 Å². The highest BCUT2D eigenvalue weighted by molar-refractivity contribution is 9.09. The van der Waals surface area contributed by atoms with Gasteiger partial charge in [-0.25, -0.2) is 14.7 Å². The van der Waals surface area contributed by atoms with Gasteiger partial charge in [0.05, 0.1) is 7.05 Å². The van der Waals surface area contributed by atoms with Crippen LogP contribution in [0.2, 0.25) is 0 Å². The first kappa shape index (κ1) is 19.2. The van der Waals surface area contributed by atoms with Gasteiger partial charge < -0.3 is 10.1 Å². The molecule has 0 aromatic carbocycles. The highest BCUT2D eigenvalue weighted by atomic mass is 79.9. The maximum Gasteiger partial charge on any atom is 0.434 e. The number of rotatable bonds is 10. The number of aromatic nitrogens is 2. The highest BCUT2D eigenvalue weighted by Crippen LogP contribution is 2.43. The Morgan fingerprint density at radius 2 is 2.18 bits per heavy atom. The van der Waals surface area contributed by atoms with Crippen LogP contribution in [0.1, 0.15) is 32.1 Å². The third kappa shape index (κ3) is 5.13. The van der Waals surface area contributed by atoms with Gasteiger partial charge in [-0.3, -0.25) is 9.09 Å². The van der Waals surface area contributed by atoms with Gasteiger partial charge in [0.25, 0.3) is 0 Å². The Bertz CT molecular complexity index is 541. The molecule has 2 atom stereocenters. The zero-order valence-corrected chi connectivity index (χ0v) is 15.3. The SMILES string of the molecule is CCCNP(=O)(NCCBr)OC(C)c1cnc([N+](=O)[O-])n1C. The molecule has 2 unspecified atom stereocenters. The first-order valence-corrected chi connectivity index (χ1v) is 9.60. The summed E-state index contributed by atoms with van der Waals surface area (Å²) in [4.78, 5) is 14.0. The quantitative estimate of drug-likeness (QED) is 0.270. The van der Waals surface area contributed by atoms with Crippen molar-refractivity contribution in [2.45, 2.75) is 26.4 Å². The molecular weight excluding hydrogens is 377 g/mol. The van der Waals surface area contributed by atoms with Crippen molar-refractivity contribution in [3.8, 4) is 0 Å². The summed E-state index contributed by atoms with van der Waals surface area (Å²) in [5.41, 5.74) is 0.478. The van der Waals surface area contributed by atoms with Gasteiger partial charge >= 0.3 is 13.6 Å². The first-order chi connectivity index (χ1) is 10.3. The van der Waals surface area contributed by atoms with Crippen molar-refractivity contribution in [1.29, 1.82) is 0 Å². The molecule has 1 aromatic heterocycles. The van der Waals surface area contributed by atoms with Crippen LogP contribution in [0.4, 0.5) is 5.95 Å². The molecule has 1 rings (SSSR count). The third-order valence-corrected chi connectivity index (χ3v) is 5.16. The summed E-state index contributed by atoms with van der Waals surface area (Å²) in [5.74, 6) is -0.282. The van der Waals surface area contributed by atoms with Gasteiger partial charge in [-0.1, -0.05) is 27.8 Å². The van der Waals surface area contributed by atoms with Crippen molar-refractivity contribution in [3.05, 3.63) is 22.0 Å². The van der Waals surface area contributed by atoms with Crippen molar-refractivity contribution in [3.63, 3.8) is 0 Å². The Hall–Kier alpha value is -0.800. The van der Waals surface area contributed by atoms with Crippen LogP contribution in [0.15, 0.2) is 6.20 Å². The molecule has 0 aliphatic heterocycles. The van der Waals surface area contributed by atoms with Crippen molar-refractivity contribution >= 4 is 29.5 Å². The molecule has 11 heteroatoms. The van der Waals surface area contributed by atoms with Gasteiger partial charge in [0.2, 0.25) is 0 Å². The van der Waals surface area contributed by atoms with E-state index in [1.807, 2.05) is 6.92 Å². The molecule has 0 fully saturated rings. The van der Waals surface area contributed by atoms with Crippen LogP contribution < -0.4 is 10.2 Å². The molecule has 0 saturated heterocycles. The van der Waals surface area contributed by atoms with Crippen molar-refractivity contribution in [2.24, 2.45) is 7.05 Å². The van der Waals surface area contributed by atoms with Crippen molar-refractivity contribution in [1.82, 2.24) is 19.7 Å². The molecule has 1 heterocycles. The molecule has 0 amide bonds. The summed E-state index contributed by atoms with van der Waals surface area (Å²) < 4.78 is 19.7. The number of imidazole rings is 1. The van der Waals surface area contributed by atoms with Gasteiger partial charge in [-0.2, -0.15) is 0 Å². The van der Waals surface area contributed by atoms with Crippen molar-refractivity contribution < 1.29 is 14.0 Å². The minimum Gasteiger partial charge on any atom is -0.390 e. The second kappa shape index (κ2) is 8.73. The molecule has 0 aliphatic carbocycles. The average molecular weight is 398 g/mol. The zero-order chi connectivity index (χ0) is 16.8. The van der Waals surface area contributed by atoms with Gasteiger partial charge in [0.1, 0.15) is 18.0 Å². The van der Waals surface area contributed by atoms with E-state index in [4.69, 9.17) is 4.52 Å². The van der Waals surface area contributed by atoms with E-state index in [9.17, 15) is 14.7 Å². The molecule has 0 bridgehead atoms. The summed E-state index contributed by atoms with van der Waals surface area (Å²) in [5, 5.41) is 17.2. The zero-order valence-electron chi connectivity index (χ0n) is 12.8. The van der Waals surface area contributed by atoms with Crippen molar-refractivity contribution in [2.75, 3.05) is 18.4 Å².